The number of carbonyl (C=O) groups is 1. The molecule has 29 heavy (non-hydrogen) atoms. The summed E-state index contributed by atoms with van der Waals surface area (Å²) in [6.07, 6.45) is 0. The molecule has 0 saturated heterocycles. The van der Waals surface area contributed by atoms with Gasteiger partial charge in [0.15, 0.2) is 11.2 Å². The van der Waals surface area contributed by atoms with Gasteiger partial charge in [0.1, 0.15) is 5.58 Å². The first-order valence-corrected chi connectivity index (χ1v) is 9.13. The molecule has 2 aromatic heterocycles. The quantitative estimate of drug-likeness (QED) is 0.570. The summed E-state index contributed by atoms with van der Waals surface area (Å²) in [5.41, 5.74) is 9.20. The highest BCUT2D eigenvalue weighted by atomic mass is 16.3. The first-order chi connectivity index (χ1) is 14.1. The average molecular weight is 384 g/mol. The van der Waals surface area contributed by atoms with Crippen molar-refractivity contribution in [1.82, 2.24) is 14.9 Å². The highest BCUT2D eigenvalue weighted by Crippen LogP contribution is 2.31. The summed E-state index contributed by atoms with van der Waals surface area (Å²) in [4.78, 5) is 35.7. The molecule has 1 aliphatic heterocycles. The van der Waals surface area contributed by atoms with E-state index < -0.39 is 0 Å². The van der Waals surface area contributed by atoms with E-state index in [0.29, 0.717) is 28.9 Å². The Morgan fingerprint density at radius 1 is 1.00 bits per heavy atom. The van der Waals surface area contributed by atoms with E-state index in [1.54, 1.807) is 29.2 Å². The predicted octanol–water partition coefficient (Wildman–Crippen LogP) is 2.99. The van der Waals surface area contributed by atoms with Crippen molar-refractivity contribution >= 4 is 22.8 Å². The number of benzene rings is 2. The number of amides is 1. The van der Waals surface area contributed by atoms with Gasteiger partial charge in [-0.05, 0) is 12.1 Å². The number of anilines is 1. The molecule has 1 amide bonds. The number of para-hydroxylation sites is 1. The third-order valence-electron chi connectivity index (χ3n) is 4.98. The van der Waals surface area contributed by atoms with E-state index in [0.717, 1.165) is 11.1 Å². The number of nitrogen functional groups attached to an aromatic ring is 1. The molecule has 1 aliphatic rings. The maximum atomic E-state index is 13.1. The van der Waals surface area contributed by atoms with Crippen molar-refractivity contribution in [2.45, 2.75) is 13.1 Å². The summed E-state index contributed by atoms with van der Waals surface area (Å²) < 4.78 is 5.70. The average Bonchev–Trinajstić information content (AvgIpc) is 3.17. The van der Waals surface area contributed by atoms with Crippen LogP contribution in [0.5, 0.6) is 0 Å². The van der Waals surface area contributed by atoms with Crippen LogP contribution in [0.3, 0.4) is 0 Å². The van der Waals surface area contributed by atoms with E-state index in [9.17, 15) is 9.59 Å². The molecule has 7 heteroatoms. The molecule has 0 saturated carbocycles. The fraction of sp³-hybridized carbons (Fsp3) is 0.0909. The van der Waals surface area contributed by atoms with Gasteiger partial charge in [-0.1, -0.05) is 42.5 Å². The van der Waals surface area contributed by atoms with Crippen LogP contribution < -0.4 is 11.2 Å². The van der Waals surface area contributed by atoms with Gasteiger partial charge in [0, 0.05) is 17.2 Å². The van der Waals surface area contributed by atoms with Gasteiger partial charge in [-0.3, -0.25) is 9.59 Å². The standard InChI is InChI=1S/C22H16N4O3/c23-22-24-16-12-26(11-15(16)20(25-22)13-6-2-1-3-7-13)21(28)19-10-17(27)14-8-4-5-9-18(14)29-19/h1-10H,11-12H2,(H2,23,24,25). The minimum atomic E-state index is -0.372. The number of carbonyl (C=O) groups excluding carboxylic acids is 1. The van der Waals surface area contributed by atoms with Crippen LogP contribution in [0.4, 0.5) is 5.95 Å². The third-order valence-corrected chi connectivity index (χ3v) is 4.98. The van der Waals surface area contributed by atoms with Gasteiger partial charge in [0.25, 0.3) is 5.91 Å². The van der Waals surface area contributed by atoms with Crippen molar-refractivity contribution in [1.29, 1.82) is 0 Å². The topological polar surface area (TPSA) is 102 Å². The highest BCUT2D eigenvalue weighted by Gasteiger charge is 2.30. The zero-order chi connectivity index (χ0) is 20.0. The number of fused-ring (bicyclic) bond motifs is 2. The van der Waals surface area contributed by atoms with Gasteiger partial charge in [0.2, 0.25) is 5.95 Å². The Morgan fingerprint density at radius 3 is 2.59 bits per heavy atom. The van der Waals surface area contributed by atoms with E-state index in [1.165, 1.54) is 6.07 Å². The van der Waals surface area contributed by atoms with Crippen LogP contribution >= 0.6 is 0 Å². The van der Waals surface area contributed by atoms with Crippen LogP contribution in [0.15, 0.2) is 69.9 Å². The molecule has 0 radical (unpaired) electrons. The Morgan fingerprint density at radius 2 is 1.76 bits per heavy atom. The van der Waals surface area contributed by atoms with E-state index >= 15 is 0 Å². The molecular formula is C22H16N4O3. The summed E-state index contributed by atoms with van der Waals surface area (Å²) in [6.45, 7) is 0.590. The van der Waals surface area contributed by atoms with Crippen molar-refractivity contribution in [3.8, 4) is 11.3 Å². The maximum Gasteiger partial charge on any atom is 0.290 e. The fourth-order valence-electron chi connectivity index (χ4n) is 3.62. The first kappa shape index (κ1) is 17.1. The van der Waals surface area contributed by atoms with Gasteiger partial charge in [-0.15, -0.1) is 0 Å². The number of rotatable bonds is 2. The van der Waals surface area contributed by atoms with Gasteiger partial charge < -0.3 is 15.1 Å². The van der Waals surface area contributed by atoms with Crippen LogP contribution in [0.1, 0.15) is 21.8 Å². The van der Waals surface area contributed by atoms with Crippen LogP contribution in [0, 0.1) is 0 Å². The fourth-order valence-corrected chi connectivity index (χ4v) is 3.62. The van der Waals surface area contributed by atoms with Crippen LogP contribution in [-0.2, 0) is 13.1 Å². The maximum absolute atomic E-state index is 13.1. The lowest BCUT2D eigenvalue weighted by Crippen LogP contribution is -2.26. The Hall–Kier alpha value is -4.00. The zero-order valence-electron chi connectivity index (χ0n) is 15.3. The molecule has 0 unspecified atom stereocenters. The molecule has 4 aromatic rings. The molecule has 5 rings (SSSR count). The molecule has 7 nitrogen and oxygen atoms in total. The minimum absolute atomic E-state index is 0.00342. The lowest BCUT2D eigenvalue weighted by molar-refractivity contribution is 0.0719. The van der Waals surface area contributed by atoms with Crippen molar-refractivity contribution in [3.05, 3.63) is 87.9 Å². The molecule has 2 aromatic carbocycles. The zero-order valence-corrected chi connectivity index (χ0v) is 15.3. The van der Waals surface area contributed by atoms with E-state index in [4.69, 9.17) is 10.2 Å². The van der Waals surface area contributed by atoms with E-state index in [2.05, 4.69) is 9.97 Å². The second-order valence-electron chi connectivity index (χ2n) is 6.85. The number of nitrogens with zero attached hydrogens (tertiary/aromatic N) is 3. The van der Waals surface area contributed by atoms with Crippen LogP contribution in [-0.4, -0.2) is 20.8 Å². The highest BCUT2D eigenvalue weighted by molar-refractivity contribution is 5.93. The first-order valence-electron chi connectivity index (χ1n) is 9.13. The summed E-state index contributed by atoms with van der Waals surface area (Å²) in [5.74, 6) is -0.207. The summed E-state index contributed by atoms with van der Waals surface area (Å²) in [6, 6.07) is 17.7. The summed E-state index contributed by atoms with van der Waals surface area (Å²) in [7, 11) is 0. The van der Waals surface area contributed by atoms with Gasteiger partial charge in [-0.25, -0.2) is 9.97 Å². The van der Waals surface area contributed by atoms with E-state index in [-0.39, 0.29) is 29.6 Å². The van der Waals surface area contributed by atoms with Crippen molar-refractivity contribution < 1.29 is 9.21 Å². The molecule has 3 heterocycles. The second-order valence-corrected chi connectivity index (χ2v) is 6.85. The Labute approximate surface area is 165 Å². The molecular weight excluding hydrogens is 368 g/mol. The number of hydrogen-bond donors (Lipinski definition) is 1. The van der Waals surface area contributed by atoms with Crippen molar-refractivity contribution in [2.75, 3.05) is 5.73 Å². The molecule has 0 bridgehead atoms. The van der Waals surface area contributed by atoms with Crippen LogP contribution in [0.25, 0.3) is 22.2 Å². The Bertz CT molecular complexity index is 1310. The van der Waals surface area contributed by atoms with Gasteiger partial charge >= 0.3 is 0 Å². The molecule has 142 valence electrons. The van der Waals surface area contributed by atoms with Gasteiger partial charge in [-0.2, -0.15) is 0 Å². The molecule has 2 N–H and O–H groups in total. The number of nitrogens with two attached hydrogens (primary N) is 1. The lowest BCUT2D eigenvalue weighted by atomic mass is 10.1. The normalized spacial score (nSPS) is 12.9. The molecule has 0 spiro atoms. The predicted molar refractivity (Wildman–Crippen MR) is 108 cm³/mol. The second kappa shape index (κ2) is 6.56. The summed E-state index contributed by atoms with van der Waals surface area (Å²) >= 11 is 0. The van der Waals surface area contributed by atoms with E-state index in [1.807, 2.05) is 30.3 Å². The molecule has 0 aliphatic carbocycles. The lowest BCUT2D eigenvalue weighted by Gasteiger charge is -2.14. The van der Waals surface area contributed by atoms with Crippen molar-refractivity contribution in [3.63, 3.8) is 0 Å². The smallest absolute Gasteiger partial charge is 0.290 e. The number of aromatic nitrogens is 2. The Balaban J connectivity index is 1.52. The monoisotopic (exact) mass is 384 g/mol. The van der Waals surface area contributed by atoms with Crippen molar-refractivity contribution in [2.24, 2.45) is 0 Å². The Kier molecular flexibility index (Phi) is 3.87. The van der Waals surface area contributed by atoms with Crippen LogP contribution in [0.2, 0.25) is 0 Å². The number of hydrogen-bond acceptors (Lipinski definition) is 6. The summed E-state index contributed by atoms with van der Waals surface area (Å²) in [5, 5.41) is 0.443. The minimum Gasteiger partial charge on any atom is -0.451 e. The molecule has 0 fully saturated rings. The largest absolute Gasteiger partial charge is 0.451 e. The van der Waals surface area contributed by atoms with Gasteiger partial charge in [0.05, 0.1) is 29.9 Å². The molecule has 0 atom stereocenters. The third kappa shape index (κ3) is 2.93. The SMILES string of the molecule is Nc1nc2c(c(-c3ccccc3)n1)CN(C(=O)c1cc(=O)c3ccccc3o1)C2.